The SMILES string of the molecule is CCC1(c2ccc(OC)c(C)c2)NC(=O)N(CC(=O)N2CCN(C)CC2)C1=O. The molecule has 0 bridgehead atoms. The minimum atomic E-state index is -1.16. The highest BCUT2D eigenvalue weighted by atomic mass is 16.5. The highest BCUT2D eigenvalue weighted by Gasteiger charge is 2.52. The van der Waals surface area contributed by atoms with Crippen molar-refractivity contribution in [1.82, 2.24) is 20.0 Å². The van der Waals surface area contributed by atoms with Crippen molar-refractivity contribution in [2.24, 2.45) is 0 Å². The number of methoxy groups -OCH3 is 1. The summed E-state index contributed by atoms with van der Waals surface area (Å²) in [6, 6.07) is 4.91. The van der Waals surface area contributed by atoms with E-state index in [1.165, 1.54) is 0 Å². The molecule has 1 atom stereocenters. The standard InChI is InChI=1S/C20H28N4O4/c1-5-20(15-6-7-16(28-4)14(2)12-15)18(26)24(19(27)21-20)13-17(25)23-10-8-22(3)9-11-23/h6-7,12H,5,8-11,13H2,1-4H3,(H,21,27). The molecule has 0 radical (unpaired) electrons. The maximum Gasteiger partial charge on any atom is 0.325 e. The Labute approximate surface area is 165 Å². The maximum atomic E-state index is 13.2. The number of hydrogen-bond acceptors (Lipinski definition) is 5. The molecular weight excluding hydrogens is 360 g/mol. The van der Waals surface area contributed by atoms with Crippen LogP contribution in [0, 0.1) is 6.92 Å². The largest absolute Gasteiger partial charge is 0.496 e. The number of urea groups is 1. The average Bonchev–Trinajstić information content (AvgIpc) is 2.93. The van der Waals surface area contributed by atoms with Crippen LogP contribution >= 0.6 is 0 Å². The van der Waals surface area contributed by atoms with Gasteiger partial charge in [0.15, 0.2) is 0 Å². The first-order valence-electron chi connectivity index (χ1n) is 9.58. The van der Waals surface area contributed by atoms with Gasteiger partial charge < -0.3 is 19.9 Å². The van der Waals surface area contributed by atoms with Crippen LogP contribution in [0.3, 0.4) is 0 Å². The van der Waals surface area contributed by atoms with E-state index in [1.54, 1.807) is 24.1 Å². The lowest BCUT2D eigenvalue weighted by molar-refractivity contribution is -0.140. The van der Waals surface area contributed by atoms with Gasteiger partial charge in [-0.3, -0.25) is 14.5 Å². The highest BCUT2D eigenvalue weighted by Crippen LogP contribution is 2.34. The molecule has 0 aliphatic carbocycles. The van der Waals surface area contributed by atoms with Crippen molar-refractivity contribution < 1.29 is 19.1 Å². The fourth-order valence-electron chi connectivity index (χ4n) is 3.84. The summed E-state index contributed by atoms with van der Waals surface area (Å²) >= 11 is 0. The van der Waals surface area contributed by atoms with Crippen LogP contribution in [0.25, 0.3) is 0 Å². The van der Waals surface area contributed by atoms with Gasteiger partial charge >= 0.3 is 6.03 Å². The lowest BCUT2D eigenvalue weighted by atomic mass is 9.86. The van der Waals surface area contributed by atoms with Gasteiger partial charge in [-0.25, -0.2) is 4.79 Å². The summed E-state index contributed by atoms with van der Waals surface area (Å²) in [7, 11) is 3.59. The number of likely N-dealkylation sites (N-methyl/N-ethyl adjacent to an activating group) is 1. The normalized spacial score (nSPS) is 23.1. The summed E-state index contributed by atoms with van der Waals surface area (Å²) in [6.07, 6.45) is 0.391. The monoisotopic (exact) mass is 388 g/mol. The lowest BCUT2D eigenvalue weighted by Gasteiger charge is -2.33. The molecule has 2 heterocycles. The van der Waals surface area contributed by atoms with Crippen molar-refractivity contribution in [2.75, 3.05) is 46.9 Å². The second kappa shape index (κ2) is 7.79. The minimum Gasteiger partial charge on any atom is -0.496 e. The molecule has 3 rings (SSSR count). The van der Waals surface area contributed by atoms with E-state index >= 15 is 0 Å². The third-order valence-corrected chi connectivity index (χ3v) is 5.74. The molecule has 2 saturated heterocycles. The molecule has 2 aliphatic heterocycles. The van der Waals surface area contributed by atoms with Gasteiger partial charge in [0.05, 0.1) is 7.11 Å². The lowest BCUT2D eigenvalue weighted by Crippen LogP contribution is -2.51. The number of ether oxygens (including phenoxy) is 1. The summed E-state index contributed by atoms with van der Waals surface area (Å²) in [5.41, 5.74) is 0.416. The fourth-order valence-corrected chi connectivity index (χ4v) is 3.84. The zero-order chi connectivity index (χ0) is 20.5. The van der Waals surface area contributed by atoms with Gasteiger partial charge in [-0.05, 0) is 43.7 Å². The van der Waals surface area contributed by atoms with Crippen molar-refractivity contribution in [3.05, 3.63) is 29.3 Å². The third kappa shape index (κ3) is 3.44. The molecular formula is C20H28N4O4. The first-order valence-corrected chi connectivity index (χ1v) is 9.58. The predicted octanol–water partition coefficient (Wildman–Crippen LogP) is 0.935. The molecule has 1 unspecified atom stereocenters. The van der Waals surface area contributed by atoms with E-state index in [4.69, 9.17) is 4.74 Å². The molecule has 28 heavy (non-hydrogen) atoms. The Morgan fingerprint density at radius 1 is 1.21 bits per heavy atom. The summed E-state index contributed by atoms with van der Waals surface area (Å²) in [5, 5.41) is 2.83. The van der Waals surface area contributed by atoms with Gasteiger partial charge in [0.2, 0.25) is 5.91 Å². The second-order valence-corrected chi connectivity index (χ2v) is 7.45. The van der Waals surface area contributed by atoms with Crippen molar-refractivity contribution >= 4 is 17.8 Å². The zero-order valence-electron chi connectivity index (χ0n) is 16.9. The smallest absolute Gasteiger partial charge is 0.325 e. The number of imide groups is 1. The van der Waals surface area contributed by atoms with E-state index in [2.05, 4.69) is 10.2 Å². The zero-order valence-corrected chi connectivity index (χ0v) is 16.9. The Bertz CT molecular complexity index is 788. The number of carbonyl (C=O) groups excluding carboxylic acids is 3. The number of amides is 4. The van der Waals surface area contributed by atoms with Crippen LogP contribution in [-0.4, -0.2) is 79.4 Å². The number of hydrogen-bond donors (Lipinski definition) is 1. The Hall–Kier alpha value is -2.61. The van der Waals surface area contributed by atoms with E-state index in [0.717, 1.165) is 23.6 Å². The van der Waals surface area contributed by atoms with Crippen LogP contribution in [0.4, 0.5) is 4.79 Å². The molecule has 152 valence electrons. The highest BCUT2D eigenvalue weighted by molar-refractivity contribution is 6.09. The van der Waals surface area contributed by atoms with Crippen LogP contribution < -0.4 is 10.1 Å². The van der Waals surface area contributed by atoms with E-state index in [-0.39, 0.29) is 18.4 Å². The molecule has 1 aromatic carbocycles. The topological polar surface area (TPSA) is 82.2 Å². The quantitative estimate of drug-likeness (QED) is 0.759. The first-order chi connectivity index (χ1) is 13.3. The van der Waals surface area contributed by atoms with E-state index in [0.29, 0.717) is 30.8 Å². The van der Waals surface area contributed by atoms with Crippen LogP contribution in [0.1, 0.15) is 24.5 Å². The van der Waals surface area contributed by atoms with Gasteiger partial charge in [-0.2, -0.15) is 0 Å². The number of piperazine rings is 1. The van der Waals surface area contributed by atoms with E-state index in [1.807, 2.05) is 27.0 Å². The van der Waals surface area contributed by atoms with E-state index in [9.17, 15) is 14.4 Å². The number of carbonyl (C=O) groups is 3. The Balaban J connectivity index is 1.81. The maximum absolute atomic E-state index is 13.2. The Kier molecular flexibility index (Phi) is 5.60. The molecule has 8 heteroatoms. The third-order valence-electron chi connectivity index (χ3n) is 5.74. The predicted molar refractivity (Wildman–Crippen MR) is 104 cm³/mol. The van der Waals surface area contributed by atoms with Gasteiger partial charge in [0, 0.05) is 26.2 Å². The summed E-state index contributed by atoms with van der Waals surface area (Å²) < 4.78 is 5.29. The van der Waals surface area contributed by atoms with Crippen molar-refractivity contribution in [3.8, 4) is 5.75 Å². The number of nitrogens with one attached hydrogen (secondary N) is 1. The Morgan fingerprint density at radius 3 is 2.46 bits per heavy atom. The van der Waals surface area contributed by atoms with Gasteiger partial charge in [-0.15, -0.1) is 0 Å². The molecule has 4 amide bonds. The number of benzene rings is 1. The van der Waals surface area contributed by atoms with Gasteiger partial charge in [0.1, 0.15) is 17.8 Å². The number of rotatable bonds is 5. The molecule has 2 aliphatic rings. The molecule has 0 saturated carbocycles. The second-order valence-electron chi connectivity index (χ2n) is 7.45. The molecule has 1 N–H and O–H groups in total. The van der Waals surface area contributed by atoms with Gasteiger partial charge in [0.25, 0.3) is 5.91 Å². The average molecular weight is 388 g/mol. The van der Waals surface area contributed by atoms with Crippen molar-refractivity contribution in [1.29, 1.82) is 0 Å². The molecule has 0 aromatic heterocycles. The molecule has 8 nitrogen and oxygen atoms in total. The van der Waals surface area contributed by atoms with Crippen LogP contribution in [0.5, 0.6) is 5.75 Å². The van der Waals surface area contributed by atoms with Crippen LogP contribution in [0.2, 0.25) is 0 Å². The van der Waals surface area contributed by atoms with Crippen molar-refractivity contribution in [2.45, 2.75) is 25.8 Å². The number of nitrogens with zero attached hydrogens (tertiary/aromatic N) is 3. The minimum absolute atomic E-state index is 0.200. The van der Waals surface area contributed by atoms with Crippen LogP contribution in [0.15, 0.2) is 18.2 Å². The fraction of sp³-hybridized carbons (Fsp3) is 0.550. The van der Waals surface area contributed by atoms with Crippen LogP contribution in [-0.2, 0) is 15.1 Å². The number of aryl methyl sites for hydroxylation is 1. The molecule has 0 spiro atoms. The first kappa shape index (κ1) is 20.1. The van der Waals surface area contributed by atoms with Crippen molar-refractivity contribution in [3.63, 3.8) is 0 Å². The molecule has 2 fully saturated rings. The summed E-state index contributed by atoms with van der Waals surface area (Å²) in [6.45, 7) is 6.30. The molecule has 1 aromatic rings. The van der Waals surface area contributed by atoms with E-state index < -0.39 is 11.6 Å². The Morgan fingerprint density at radius 2 is 1.89 bits per heavy atom. The summed E-state index contributed by atoms with van der Waals surface area (Å²) in [4.78, 5) is 43.4. The summed E-state index contributed by atoms with van der Waals surface area (Å²) in [5.74, 6) is 0.135. The van der Waals surface area contributed by atoms with Gasteiger partial charge in [-0.1, -0.05) is 13.0 Å².